The molecular weight excluding hydrogens is 419 g/mol. The van der Waals surface area contributed by atoms with Gasteiger partial charge < -0.3 is 10.1 Å². The van der Waals surface area contributed by atoms with E-state index in [-0.39, 0.29) is 5.91 Å². The van der Waals surface area contributed by atoms with Crippen LogP contribution in [0.15, 0.2) is 41.6 Å². The molecule has 1 unspecified atom stereocenters. The number of halogens is 2. The van der Waals surface area contributed by atoms with Crippen LogP contribution in [-0.2, 0) is 4.79 Å². The van der Waals surface area contributed by atoms with Gasteiger partial charge in [0.05, 0.1) is 17.9 Å². The van der Waals surface area contributed by atoms with Gasteiger partial charge in [-0.3, -0.25) is 9.89 Å². The Labute approximate surface area is 177 Å². The molecule has 0 aliphatic rings. The van der Waals surface area contributed by atoms with Crippen molar-refractivity contribution < 1.29 is 9.53 Å². The Hall–Kier alpha value is -2.22. The molecule has 0 spiro atoms. The van der Waals surface area contributed by atoms with Crippen LogP contribution in [0.2, 0.25) is 10.0 Å². The van der Waals surface area contributed by atoms with Gasteiger partial charge in [0.1, 0.15) is 5.75 Å². The molecule has 6 nitrogen and oxygen atoms in total. The highest BCUT2D eigenvalue weighted by atomic mass is 35.5. The van der Waals surface area contributed by atoms with Crippen LogP contribution in [0.25, 0.3) is 11.4 Å². The average molecular weight is 437 g/mol. The summed E-state index contributed by atoms with van der Waals surface area (Å²) in [6, 6.07) is 10.6. The maximum Gasteiger partial charge on any atom is 0.237 e. The van der Waals surface area contributed by atoms with Crippen molar-refractivity contribution in [3.05, 3.63) is 52.0 Å². The average Bonchev–Trinajstić information content (AvgIpc) is 3.13. The Morgan fingerprint density at radius 2 is 1.93 bits per heavy atom. The van der Waals surface area contributed by atoms with Gasteiger partial charge in [0.15, 0.2) is 5.82 Å². The van der Waals surface area contributed by atoms with Crippen LogP contribution >= 0.6 is 35.0 Å². The molecule has 1 aromatic heterocycles. The normalized spacial score (nSPS) is 11.9. The SMILES string of the molecule is COc1ccc(Cl)cc1-c1nc(SC(C)C(=O)Nc2cc(Cl)ccc2C)n[nH]1. The van der Waals surface area contributed by atoms with Crippen LogP contribution in [0.3, 0.4) is 0 Å². The molecule has 3 rings (SSSR count). The predicted octanol–water partition coefficient (Wildman–Crippen LogP) is 5.21. The predicted molar refractivity (Wildman–Crippen MR) is 114 cm³/mol. The molecule has 1 atom stereocenters. The van der Waals surface area contributed by atoms with Crippen LogP contribution < -0.4 is 10.1 Å². The highest BCUT2D eigenvalue weighted by Gasteiger charge is 2.19. The number of aromatic nitrogens is 3. The second kappa shape index (κ2) is 8.86. The first-order valence-electron chi connectivity index (χ1n) is 8.37. The van der Waals surface area contributed by atoms with Gasteiger partial charge in [0.2, 0.25) is 11.1 Å². The zero-order valence-corrected chi connectivity index (χ0v) is 17.7. The highest BCUT2D eigenvalue weighted by molar-refractivity contribution is 8.00. The van der Waals surface area contributed by atoms with Crippen LogP contribution in [-0.4, -0.2) is 33.4 Å². The number of anilines is 1. The first-order valence-corrected chi connectivity index (χ1v) is 10.0. The third kappa shape index (κ3) is 4.79. The van der Waals surface area contributed by atoms with Crippen LogP contribution in [0.4, 0.5) is 5.69 Å². The first-order chi connectivity index (χ1) is 13.4. The number of aryl methyl sites for hydroxylation is 1. The second-order valence-electron chi connectivity index (χ2n) is 6.02. The summed E-state index contributed by atoms with van der Waals surface area (Å²) in [4.78, 5) is 17.0. The summed E-state index contributed by atoms with van der Waals surface area (Å²) in [5.41, 5.74) is 2.31. The van der Waals surface area contributed by atoms with Gasteiger partial charge in [-0.2, -0.15) is 0 Å². The fourth-order valence-corrected chi connectivity index (χ4v) is 3.53. The van der Waals surface area contributed by atoms with E-state index in [1.54, 1.807) is 44.4 Å². The Bertz CT molecular complexity index is 1010. The molecule has 9 heteroatoms. The van der Waals surface area contributed by atoms with Crippen molar-refractivity contribution in [1.29, 1.82) is 0 Å². The van der Waals surface area contributed by atoms with Crippen LogP contribution in [0.1, 0.15) is 12.5 Å². The number of carbonyl (C=O) groups is 1. The van der Waals surface area contributed by atoms with E-state index in [1.165, 1.54) is 11.8 Å². The van der Waals surface area contributed by atoms with Crippen molar-refractivity contribution in [3.8, 4) is 17.1 Å². The fraction of sp³-hybridized carbons (Fsp3) is 0.211. The summed E-state index contributed by atoms with van der Waals surface area (Å²) in [6.07, 6.45) is 0. The van der Waals surface area contributed by atoms with Gasteiger partial charge in [-0.25, -0.2) is 4.98 Å². The number of nitrogens with zero attached hydrogens (tertiary/aromatic N) is 2. The number of ether oxygens (including phenoxy) is 1. The van der Waals surface area contributed by atoms with Gasteiger partial charge >= 0.3 is 0 Å². The number of H-pyrrole nitrogens is 1. The van der Waals surface area contributed by atoms with E-state index in [2.05, 4.69) is 20.5 Å². The van der Waals surface area contributed by atoms with E-state index >= 15 is 0 Å². The van der Waals surface area contributed by atoms with Crippen molar-refractivity contribution >= 4 is 46.6 Å². The zero-order chi connectivity index (χ0) is 20.3. The summed E-state index contributed by atoms with van der Waals surface area (Å²) < 4.78 is 5.34. The van der Waals surface area contributed by atoms with E-state index in [4.69, 9.17) is 27.9 Å². The molecule has 0 saturated carbocycles. The number of nitrogens with one attached hydrogen (secondary N) is 2. The van der Waals surface area contributed by atoms with E-state index in [1.807, 2.05) is 13.0 Å². The summed E-state index contributed by atoms with van der Waals surface area (Å²) in [5, 5.41) is 11.1. The lowest BCUT2D eigenvalue weighted by Gasteiger charge is -2.12. The monoisotopic (exact) mass is 436 g/mol. The minimum absolute atomic E-state index is 0.165. The van der Waals surface area contributed by atoms with Crippen molar-refractivity contribution in [2.24, 2.45) is 0 Å². The number of rotatable bonds is 6. The molecule has 146 valence electrons. The first kappa shape index (κ1) is 20.5. The Balaban J connectivity index is 1.72. The molecular formula is C19H18Cl2N4O2S. The Kier molecular flexibility index (Phi) is 6.49. The number of benzene rings is 2. The smallest absolute Gasteiger partial charge is 0.237 e. The molecule has 1 heterocycles. The minimum atomic E-state index is -0.414. The molecule has 2 N–H and O–H groups in total. The maximum absolute atomic E-state index is 12.5. The number of carbonyl (C=O) groups excluding carboxylic acids is 1. The van der Waals surface area contributed by atoms with Crippen LogP contribution in [0.5, 0.6) is 5.75 Å². The summed E-state index contributed by atoms with van der Waals surface area (Å²) >= 11 is 13.3. The van der Waals surface area contributed by atoms with E-state index in [9.17, 15) is 4.79 Å². The minimum Gasteiger partial charge on any atom is -0.496 e. The van der Waals surface area contributed by atoms with E-state index < -0.39 is 5.25 Å². The van der Waals surface area contributed by atoms with Gasteiger partial charge in [0.25, 0.3) is 0 Å². The molecule has 0 fully saturated rings. The molecule has 0 radical (unpaired) electrons. The fourth-order valence-electron chi connectivity index (χ4n) is 2.46. The van der Waals surface area contributed by atoms with Gasteiger partial charge in [-0.15, -0.1) is 5.10 Å². The Morgan fingerprint density at radius 3 is 2.68 bits per heavy atom. The van der Waals surface area contributed by atoms with Gasteiger partial charge in [-0.05, 0) is 49.7 Å². The zero-order valence-electron chi connectivity index (χ0n) is 15.4. The summed E-state index contributed by atoms with van der Waals surface area (Å²) in [7, 11) is 1.57. The lowest BCUT2D eigenvalue weighted by Crippen LogP contribution is -2.23. The van der Waals surface area contributed by atoms with Crippen molar-refractivity contribution in [2.75, 3.05) is 12.4 Å². The lowest BCUT2D eigenvalue weighted by atomic mass is 10.2. The number of methoxy groups -OCH3 is 1. The number of thioether (sulfide) groups is 1. The van der Waals surface area contributed by atoms with Crippen molar-refractivity contribution in [1.82, 2.24) is 15.2 Å². The second-order valence-corrected chi connectivity index (χ2v) is 8.20. The van der Waals surface area contributed by atoms with Gasteiger partial charge in [-0.1, -0.05) is 41.0 Å². The van der Waals surface area contributed by atoms with Crippen molar-refractivity contribution in [2.45, 2.75) is 24.3 Å². The Morgan fingerprint density at radius 1 is 1.21 bits per heavy atom. The molecule has 0 bridgehead atoms. The van der Waals surface area contributed by atoms with Crippen molar-refractivity contribution in [3.63, 3.8) is 0 Å². The lowest BCUT2D eigenvalue weighted by molar-refractivity contribution is -0.115. The quantitative estimate of drug-likeness (QED) is 0.518. The van der Waals surface area contributed by atoms with Crippen LogP contribution in [0, 0.1) is 6.92 Å². The summed E-state index contributed by atoms with van der Waals surface area (Å²) in [5.74, 6) is 0.974. The number of hydrogen-bond acceptors (Lipinski definition) is 5. The number of amides is 1. The molecule has 1 amide bonds. The third-order valence-corrected chi connectivity index (χ3v) is 5.42. The molecule has 0 aliphatic heterocycles. The third-order valence-electron chi connectivity index (χ3n) is 3.99. The molecule has 2 aromatic carbocycles. The standard InChI is InChI=1S/C19H18Cl2N4O2S/c1-10-4-5-13(21)9-15(10)22-18(26)11(2)28-19-23-17(24-25-19)14-8-12(20)6-7-16(14)27-3/h4-9,11H,1-3H3,(H,22,26)(H,23,24,25). The molecule has 0 saturated heterocycles. The van der Waals surface area contributed by atoms with Gasteiger partial charge in [0, 0.05) is 15.7 Å². The molecule has 3 aromatic rings. The molecule has 28 heavy (non-hydrogen) atoms. The molecule has 0 aliphatic carbocycles. The summed E-state index contributed by atoms with van der Waals surface area (Å²) in [6.45, 7) is 3.69. The topological polar surface area (TPSA) is 79.9 Å². The number of aromatic amines is 1. The van der Waals surface area contributed by atoms with E-state index in [0.717, 1.165) is 5.56 Å². The highest BCUT2D eigenvalue weighted by Crippen LogP contribution is 2.32. The number of hydrogen-bond donors (Lipinski definition) is 2. The maximum atomic E-state index is 12.5. The largest absolute Gasteiger partial charge is 0.496 e. The van der Waals surface area contributed by atoms with E-state index in [0.29, 0.717) is 38.0 Å².